The Morgan fingerprint density at radius 3 is 2.75 bits per heavy atom. The average molecular weight is 285 g/mol. The van der Waals surface area contributed by atoms with Gasteiger partial charge in [-0.15, -0.1) is 0 Å². The van der Waals surface area contributed by atoms with Gasteiger partial charge >= 0.3 is 5.97 Å². The minimum atomic E-state index is -1.48. The molecule has 0 aliphatic heterocycles. The molecule has 0 bridgehead atoms. The molecule has 1 fully saturated rings. The molecule has 0 unspecified atom stereocenters. The van der Waals surface area contributed by atoms with Crippen LogP contribution in [0.15, 0.2) is 12.1 Å². The van der Waals surface area contributed by atoms with Crippen LogP contribution >= 0.6 is 0 Å². The molecule has 1 aliphatic carbocycles. The van der Waals surface area contributed by atoms with E-state index in [4.69, 9.17) is 9.84 Å². The minimum absolute atomic E-state index is 0.0327. The molecule has 0 radical (unpaired) electrons. The number of hydrogen-bond donors (Lipinski definition) is 2. The van der Waals surface area contributed by atoms with Crippen LogP contribution in [0.5, 0.6) is 0 Å². The number of carboxylic acid groups (broad SMARTS) is 1. The van der Waals surface area contributed by atoms with E-state index in [0.717, 1.165) is 12.7 Å². The number of aromatic carboxylic acids is 1. The zero-order chi connectivity index (χ0) is 14.5. The van der Waals surface area contributed by atoms with E-state index >= 15 is 0 Å². The van der Waals surface area contributed by atoms with Gasteiger partial charge in [0, 0.05) is 19.8 Å². The number of carboxylic acids is 1. The highest BCUT2D eigenvalue weighted by atomic mass is 19.2. The van der Waals surface area contributed by atoms with E-state index < -0.39 is 23.2 Å². The standard InChI is InChI=1S/C14H17F2NO3/c15-12-10(14(18)19)4-5-11(13(12)16)17-6-1-7-20-8-9-2-3-9/h4-5,9,17H,1-3,6-8H2,(H,18,19). The Hall–Kier alpha value is -1.69. The summed E-state index contributed by atoms with van der Waals surface area (Å²) in [5, 5.41) is 11.4. The molecule has 0 amide bonds. The van der Waals surface area contributed by atoms with Crippen molar-refractivity contribution in [2.45, 2.75) is 19.3 Å². The zero-order valence-corrected chi connectivity index (χ0v) is 11.0. The SMILES string of the molecule is O=C(O)c1ccc(NCCCOCC2CC2)c(F)c1F. The summed E-state index contributed by atoms with van der Waals surface area (Å²) in [5.41, 5.74) is -0.699. The van der Waals surface area contributed by atoms with Crippen LogP contribution in [-0.4, -0.2) is 30.8 Å². The summed E-state index contributed by atoms with van der Waals surface area (Å²) in [7, 11) is 0. The third kappa shape index (κ3) is 3.90. The van der Waals surface area contributed by atoms with Crippen LogP contribution in [-0.2, 0) is 4.74 Å². The zero-order valence-electron chi connectivity index (χ0n) is 11.0. The molecular formula is C14H17F2NO3. The summed E-state index contributed by atoms with van der Waals surface area (Å²) in [6.45, 7) is 1.78. The molecule has 0 heterocycles. The van der Waals surface area contributed by atoms with E-state index in [2.05, 4.69) is 5.32 Å². The molecule has 2 rings (SSSR count). The maximum Gasteiger partial charge on any atom is 0.338 e. The lowest BCUT2D eigenvalue weighted by molar-refractivity contribution is 0.0690. The van der Waals surface area contributed by atoms with Crippen molar-refractivity contribution >= 4 is 11.7 Å². The van der Waals surface area contributed by atoms with Crippen LogP contribution in [0.4, 0.5) is 14.5 Å². The van der Waals surface area contributed by atoms with Crippen molar-refractivity contribution < 1.29 is 23.4 Å². The first-order chi connectivity index (χ1) is 9.59. The number of carbonyl (C=O) groups is 1. The number of rotatable bonds is 8. The Balaban J connectivity index is 1.77. The lowest BCUT2D eigenvalue weighted by atomic mass is 10.2. The highest BCUT2D eigenvalue weighted by Gasteiger charge is 2.21. The molecule has 1 aromatic rings. The van der Waals surface area contributed by atoms with E-state index in [1.54, 1.807) is 0 Å². The lowest BCUT2D eigenvalue weighted by Crippen LogP contribution is -2.10. The topological polar surface area (TPSA) is 58.6 Å². The molecule has 0 spiro atoms. The van der Waals surface area contributed by atoms with Crippen molar-refractivity contribution in [2.75, 3.05) is 25.1 Å². The highest BCUT2D eigenvalue weighted by molar-refractivity contribution is 5.88. The second-order valence-electron chi connectivity index (χ2n) is 4.89. The van der Waals surface area contributed by atoms with Crippen LogP contribution < -0.4 is 5.32 Å². The van der Waals surface area contributed by atoms with Gasteiger partial charge in [0.25, 0.3) is 0 Å². The van der Waals surface area contributed by atoms with E-state index in [1.165, 1.54) is 18.9 Å². The fourth-order valence-corrected chi connectivity index (χ4v) is 1.78. The van der Waals surface area contributed by atoms with Gasteiger partial charge in [0.2, 0.25) is 0 Å². The van der Waals surface area contributed by atoms with E-state index in [1.807, 2.05) is 0 Å². The largest absolute Gasteiger partial charge is 0.478 e. The smallest absolute Gasteiger partial charge is 0.338 e. The average Bonchev–Trinajstić information content (AvgIpc) is 3.22. The van der Waals surface area contributed by atoms with Crippen molar-refractivity contribution in [3.05, 3.63) is 29.3 Å². The van der Waals surface area contributed by atoms with Crippen molar-refractivity contribution in [3.63, 3.8) is 0 Å². The number of halogens is 2. The summed E-state index contributed by atoms with van der Waals surface area (Å²) in [6, 6.07) is 2.28. The van der Waals surface area contributed by atoms with Gasteiger partial charge in [0.1, 0.15) is 0 Å². The number of hydrogen-bond acceptors (Lipinski definition) is 3. The summed E-state index contributed by atoms with van der Waals surface area (Å²) >= 11 is 0. The van der Waals surface area contributed by atoms with Gasteiger partial charge in [-0.25, -0.2) is 13.6 Å². The van der Waals surface area contributed by atoms with Gasteiger partial charge in [0.05, 0.1) is 11.3 Å². The van der Waals surface area contributed by atoms with E-state index in [-0.39, 0.29) is 5.69 Å². The molecule has 4 nitrogen and oxygen atoms in total. The predicted molar refractivity (Wildman–Crippen MR) is 70.0 cm³/mol. The molecule has 6 heteroatoms. The first kappa shape index (κ1) is 14.7. The molecule has 1 aliphatic rings. The molecule has 1 saturated carbocycles. The number of ether oxygens (including phenoxy) is 1. The van der Waals surface area contributed by atoms with E-state index in [9.17, 15) is 13.6 Å². The Morgan fingerprint density at radius 1 is 1.35 bits per heavy atom. The van der Waals surface area contributed by atoms with Gasteiger partial charge in [-0.1, -0.05) is 0 Å². The molecule has 0 saturated heterocycles. The van der Waals surface area contributed by atoms with E-state index in [0.29, 0.717) is 25.5 Å². The minimum Gasteiger partial charge on any atom is -0.478 e. The fourth-order valence-electron chi connectivity index (χ4n) is 1.78. The van der Waals surface area contributed by atoms with Gasteiger partial charge in [-0.3, -0.25) is 0 Å². The number of benzene rings is 1. The van der Waals surface area contributed by atoms with Crippen molar-refractivity contribution in [1.82, 2.24) is 0 Å². The molecular weight excluding hydrogens is 268 g/mol. The molecule has 110 valence electrons. The van der Waals surface area contributed by atoms with Crippen LogP contribution in [0.1, 0.15) is 29.6 Å². The molecule has 1 aromatic carbocycles. The summed E-state index contributed by atoms with van der Waals surface area (Å²) in [5.74, 6) is -3.28. The van der Waals surface area contributed by atoms with Crippen LogP contribution in [0.3, 0.4) is 0 Å². The summed E-state index contributed by atoms with van der Waals surface area (Å²) in [4.78, 5) is 10.6. The quantitative estimate of drug-likeness (QED) is 0.721. The first-order valence-electron chi connectivity index (χ1n) is 6.62. The fraction of sp³-hybridized carbons (Fsp3) is 0.500. The summed E-state index contributed by atoms with van der Waals surface area (Å²) in [6.07, 6.45) is 3.14. The maximum atomic E-state index is 13.6. The summed E-state index contributed by atoms with van der Waals surface area (Å²) < 4.78 is 32.4. The Morgan fingerprint density at radius 2 is 2.10 bits per heavy atom. The van der Waals surface area contributed by atoms with Crippen molar-refractivity contribution in [2.24, 2.45) is 5.92 Å². The van der Waals surface area contributed by atoms with Gasteiger partial charge < -0.3 is 15.2 Å². The van der Waals surface area contributed by atoms with Crippen LogP contribution in [0.25, 0.3) is 0 Å². The lowest BCUT2D eigenvalue weighted by Gasteiger charge is -2.09. The second kappa shape index (κ2) is 6.65. The first-order valence-corrected chi connectivity index (χ1v) is 6.62. The van der Waals surface area contributed by atoms with Crippen LogP contribution in [0.2, 0.25) is 0 Å². The Kier molecular flexibility index (Phi) is 4.89. The van der Waals surface area contributed by atoms with Crippen LogP contribution in [0, 0.1) is 17.6 Å². The van der Waals surface area contributed by atoms with Crippen molar-refractivity contribution in [1.29, 1.82) is 0 Å². The third-order valence-corrected chi connectivity index (χ3v) is 3.14. The highest BCUT2D eigenvalue weighted by Crippen LogP contribution is 2.28. The molecule has 0 atom stereocenters. The van der Waals surface area contributed by atoms with Crippen molar-refractivity contribution in [3.8, 4) is 0 Å². The monoisotopic (exact) mass is 285 g/mol. The molecule has 0 aromatic heterocycles. The van der Waals surface area contributed by atoms with Gasteiger partial charge in [-0.05, 0) is 37.3 Å². The van der Waals surface area contributed by atoms with Gasteiger partial charge in [-0.2, -0.15) is 0 Å². The second-order valence-corrected chi connectivity index (χ2v) is 4.89. The molecule has 2 N–H and O–H groups in total. The Bertz CT molecular complexity index is 490. The normalized spacial score (nSPS) is 14.3. The third-order valence-electron chi connectivity index (χ3n) is 3.14. The Labute approximate surface area is 115 Å². The van der Waals surface area contributed by atoms with Gasteiger partial charge in [0.15, 0.2) is 11.6 Å². The maximum absolute atomic E-state index is 13.6. The molecule has 20 heavy (non-hydrogen) atoms. The predicted octanol–water partition coefficient (Wildman–Crippen LogP) is 2.89. The number of anilines is 1. The number of nitrogens with one attached hydrogen (secondary N) is 1.